The predicted octanol–water partition coefficient (Wildman–Crippen LogP) is 2.58. The molecule has 9 heteroatoms. The maximum Gasteiger partial charge on any atom is 0.318 e. The highest BCUT2D eigenvalue weighted by molar-refractivity contribution is 5.87. The van der Waals surface area contributed by atoms with E-state index in [-0.39, 0.29) is 18.4 Å². The number of likely N-dealkylation sites (tertiary alicyclic amines) is 1. The van der Waals surface area contributed by atoms with Gasteiger partial charge >= 0.3 is 6.01 Å². The molecule has 1 aromatic carbocycles. The number of carbonyl (C=O) groups is 1. The summed E-state index contributed by atoms with van der Waals surface area (Å²) in [6, 6.07) is 13.3. The molecule has 194 valence electrons. The van der Waals surface area contributed by atoms with Gasteiger partial charge in [-0.15, -0.1) is 0 Å². The third-order valence-corrected chi connectivity index (χ3v) is 7.70. The lowest BCUT2D eigenvalue weighted by Gasteiger charge is -2.41. The van der Waals surface area contributed by atoms with Crippen LogP contribution in [0.5, 0.6) is 6.01 Å². The summed E-state index contributed by atoms with van der Waals surface area (Å²) in [6.07, 6.45) is 3.90. The Bertz CT molecular complexity index is 1170. The molecule has 9 nitrogen and oxygen atoms in total. The largest absolute Gasteiger partial charge is 0.462 e. The SMILES string of the molecule is C=CC(=O)N1CCN(c2nc(OC[C@@H]3CCCN3C)nc3c2CN(Cc2ccccc2)C3)C[C@@H]1CC#N. The predicted molar refractivity (Wildman–Crippen MR) is 141 cm³/mol. The number of benzene rings is 1. The minimum Gasteiger partial charge on any atom is -0.462 e. The first kappa shape index (κ1) is 25.2. The van der Waals surface area contributed by atoms with Crippen molar-refractivity contribution in [1.82, 2.24) is 24.7 Å². The van der Waals surface area contributed by atoms with E-state index in [2.05, 4.69) is 58.7 Å². The minimum atomic E-state index is -0.215. The molecule has 1 aromatic heterocycles. The van der Waals surface area contributed by atoms with E-state index in [4.69, 9.17) is 14.7 Å². The molecule has 2 atom stereocenters. The van der Waals surface area contributed by atoms with Crippen LogP contribution in [0, 0.1) is 11.3 Å². The van der Waals surface area contributed by atoms with Crippen molar-refractivity contribution in [3.63, 3.8) is 0 Å². The molecular formula is C28H35N7O2. The zero-order valence-corrected chi connectivity index (χ0v) is 21.6. The molecule has 0 spiro atoms. The fourth-order valence-corrected chi connectivity index (χ4v) is 5.65. The first-order valence-electron chi connectivity index (χ1n) is 13.1. The number of ether oxygens (including phenoxy) is 1. The van der Waals surface area contributed by atoms with Crippen LogP contribution in [-0.4, -0.2) is 82.5 Å². The normalized spacial score (nSPS) is 22.1. The Labute approximate surface area is 218 Å². The fourth-order valence-electron chi connectivity index (χ4n) is 5.65. The number of likely N-dealkylation sites (N-methyl/N-ethyl adjacent to an activating group) is 1. The number of nitrogens with zero attached hydrogens (tertiary/aromatic N) is 7. The van der Waals surface area contributed by atoms with Crippen molar-refractivity contribution in [2.45, 2.75) is 51.0 Å². The quantitative estimate of drug-likeness (QED) is 0.510. The first-order chi connectivity index (χ1) is 18.1. The Morgan fingerprint density at radius 2 is 2.03 bits per heavy atom. The molecule has 4 heterocycles. The molecule has 0 saturated carbocycles. The van der Waals surface area contributed by atoms with E-state index >= 15 is 0 Å². The van der Waals surface area contributed by atoms with Gasteiger partial charge in [-0.25, -0.2) is 0 Å². The Balaban J connectivity index is 1.40. The third kappa shape index (κ3) is 5.60. The van der Waals surface area contributed by atoms with Crippen LogP contribution in [0.2, 0.25) is 0 Å². The number of piperazine rings is 1. The standard InChI is InChI=1S/C28H35N7O2/c1-3-26(36)35-15-14-34(17-22(35)11-12-29)27-24-18-33(16-21-8-5-4-6-9-21)19-25(24)30-28(31-27)37-20-23-10-7-13-32(23)2/h3-6,8-9,22-23H,1,7,10-11,13-20H2,2H3/t22-,23-/m0/s1. The van der Waals surface area contributed by atoms with Gasteiger partial charge in [0.25, 0.3) is 0 Å². The lowest BCUT2D eigenvalue weighted by molar-refractivity contribution is -0.128. The zero-order valence-electron chi connectivity index (χ0n) is 21.6. The monoisotopic (exact) mass is 501 g/mol. The summed E-state index contributed by atoms with van der Waals surface area (Å²) >= 11 is 0. The lowest BCUT2D eigenvalue weighted by Crippen LogP contribution is -2.55. The summed E-state index contributed by atoms with van der Waals surface area (Å²) < 4.78 is 6.18. The molecule has 2 fully saturated rings. The number of aromatic nitrogens is 2. The molecule has 0 unspecified atom stereocenters. The average molecular weight is 502 g/mol. The van der Waals surface area contributed by atoms with Crippen LogP contribution in [0.25, 0.3) is 0 Å². The van der Waals surface area contributed by atoms with Crippen LogP contribution in [0.3, 0.4) is 0 Å². The van der Waals surface area contributed by atoms with Crippen molar-refractivity contribution in [2.24, 2.45) is 0 Å². The Hall–Kier alpha value is -3.48. The molecule has 0 aliphatic carbocycles. The minimum absolute atomic E-state index is 0.133. The summed E-state index contributed by atoms with van der Waals surface area (Å²) in [4.78, 5) is 30.8. The first-order valence-corrected chi connectivity index (χ1v) is 13.1. The summed E-state index contributed by atoms with van der Waals surface area (Å²) in [7, 11) is 2.14. The van der Waals surface area contributed by atoms with Crippen LogP contribution >= 0.6 is 0 Å². The van der Waals surface area contributed by atoms with Crippen molar-refractivity contribution >= 4 is 11.7 Å². The van der Waals surface area contributed by atoms with Gasteiger partial charge in [-0.2, -0.15) is 15.2 Å². The van der Waals surface area contributed by atoms with Gasteiger partial charge in [-0.1, -0.05) is 36.9 Å². The van der Waals surface area contributed by atoms with Gasteiger partial charge in [0, 0.05) is 50.9 Å². The van der Waals surface area contributed by atoms with Crippen LogP contribution in [0.4, 0.5) is 5.82 Å². The van der Waals surface area contributed by atoms with Crippen molar-refractivity contribution in [1.29, 1.82) is 5.26 Å². The number of hydrogen-bond acceptors (Lipinski definition) is 8. The Morgan fingerprint density at radius 3 is 2.76 bits per heavy atom. The van der Waals surface area contributed by atoms with Crippen LogP contribution in [0.15, 0.2) is 43.0 Å². The summed E-state index contributed by atoms with van der Waals surface area (Å²) in [5.41, 5.74) is 3.37. The number of nitriles is 1. The lowest BCUT2D eigenvalue weighted by atomic mass is 10.1. The number of anilines is 1. The van der Waals surface area contributed by atoms with E-state index < -0.39 is 0 Å². The van der Waals surface area contributed by atoms with Gasteiger partial charge in [0.15, 0.2) is 0 Å². The molecule has 0 radical (unpaired) electrons. The van der Waals surface area contributed by atoms with Crippen LogP contribution < -0.4 is 9.64 Å². The highest BCUT2D eigenvalue weighted by atomic mass is 16.5. The van der Waals surface area contributed by atoms with Crippen molar-refractivity contribution in [3.8, 4) is 12.1 Å². The zero-order chi connectivity index (χ0) is 25.8. The highest BCUT2D eigenvalue weighted by Gasteiger charge is 2.34. The van der Waals surface area contributed by atoms with Gasteiger partial charge in [-0.05, 0) is 38.1 Å². The van der Waals surface area contributed by atoms with E-state index in [1.807, 2.05) is 6.07 Å². The number of amides is 1. The molecule has 2 saturated heterocycles. The number of fused-ring (bicyclic) bond motifs is 1. The van der Waals surface area contributed by atoms with Crippen molar-refractivity contribution < 1.29 is 9.53 Å². The third-order valence-electron chi connectivity index (χ3n) is 7.70. The molecule has 37 heavy (non-hydrogen) atoms. The van der Waals surface area contributed by atoms with E-state index in [0.29, 0.717) is 38.3 Å². The van der Waals surface area contributed by atoms with Crippen LogP contribution in [-0.2, 0) is 24.4 Å². The second kappa shape index (κ2) is 11.3. The van der Waals surface area contributed by atoms with E-state index in [1.165, 1.54) is 18.1 Å². The maximum atomic E-state index is 12.4. The molecule has 2 aromatic rings. The fraction of sp³-hybridized carbons (Fsp3) is 0.500. The van der Waals surface area contributed by atoms with Crippen LogP contribution in [0.1, 0.15) is 36.1 Å². The number of rotatable bonds is 8. The number of carbonyl (C=O) groups excluding carboxylic acids is 1. The molecule has 5 rings (SSSR count). The molecule has 0 bridgehead atoms. The summed E-state index contributed by atoms with van der Waals surface area (Å²) in [6.45, 7) is 9.30. The number of hydrogen-bond donors (Lipinski definition) is 0. The molecular weight excluding hydrogens is 466 g/mol. The van der Waals surface area contributed by atoms with Crippen molar-refractivity contribution in [2.75, 3.05) is 44.7 Å². The molecule has 1 amide bonds. The van der Waals surface area contributed by atoms with E-state index in [9.17, 15) is 10.1 Å². The van der Waals surface area contributed by atoms with Gasteiger partial charge in [0.1, 0.15) is 12.4 Å². The topological polar surface area (TPSA) is 88.8 Å². The second-order valence-corrected chi connectivity index (χ2v) is 10.2. The van der Waals surface area contributed by atoms with E-state index in [0.717, 1.165) is 49.7 Å². The van der Waals surface area contributed by atoms with Gasteiger partial charge in [0.05, 0.1) is 24.2 Å². The van der Waals surface area contributed by atoms with E-state index in [1.54, 1.807) is 4.90 Å². The smallest absolute Gasteiger partial charge is 0.318 e. The second-order valence-electron chi connectivity index (χ2n) is 10.2. The van der Waals surface area contributed by atoms with Crippen molar-refractivity contribution in [3.05, 3.63) is 59.8 Å². The maximum absolute atomic E-state index is 12.4. The summed E-state index contributed by atoms with van der Waals surface area (Å²) in [5.74, 6) is 0.732. The van der Waals surface area contributed by atoms with Gasteiger partial charge < -0.3 is 19.4 Å². The molecule has 0 N–H and O–H groups in total. The van der Waals surface area contributed by atoms with Gasteiger partial charge in [0.2, 0.25) is 5.91 Å². The average Bonchev–Trinajstić information content (AvgIpc) is 3.52. The highest BCUT2D eigenvalue weighted by Crippen LogP contribution is 2.33. The Morgan fingerprint density at radius 1 is 1.19 bits per heavy atom. The summed E-state index contributed by atoms with van der Waals surface area (Å²) in [5, 5.41) is 9.43. The van der Waals surface area contributed by atoms with Gasteiger partial charge in [-0.3, -0.25) is 9.69 Å². The molecule has 3 aliphatic rings. The Kier molecular flexibility index (Phi) is 7.68. The molecule has 3 aliphatic heterocycles.